The summed E-state index contributed by atoms with van der Waals surface area (Å²) in [5.41, 5.74) is 0. The van der Waals surface area contributed by atoms with Crippen LogP contribution in [0.4, 0.5) is 4.79 Å². The molecule has 1 fully saturated rings. The third-order valence-electron chi connectivity index (χ3n) is 1.99. The van der Waals surface area contributed by atoms with Crippen molar-refractivity contribution in [2.75, 3.05) is 13.1 Å². The van der Waals surface area contributed by atoms with Gasteiger partial charge in [0.2, 0.25) is 6.08 Å². The average molecular weight is 170 g/mol. The predicted molar refractivity (Wildman–Crippen MR) is 40.7 cm³/mol. The van der Waals surface area contributed by atoms with Crippen molar-refractivity contribution < 1.29 is 14.7 Å². The molecule has 0 unspecified atom stereocenters. The van der Waals surface area contributed by atoms with Crippen LogP contribution in [0.2, 0.25) is 0 Å². The van der Waals surface area contributed by atoms with Crippen molar-refractivity contribution in [3.63, 3.8) is 0 Å². The summed E-state index contributed by atoms with van der Waals surface area (Å²) in [6, 6.07) is -0.121. The number of amides is 1. The van der Waals surface area contributed by atoms with Crippen LogP contribution < -0.4 is 0 Å². The molecular weight excluding hydrogens is 160 g/mol. The van der Waals surface area contributed by atoms with E-state index >= 15 is 0 Å². The lowest BCUT2D eigenvalue weighted by Crippen LogP contribution is -2.35. The van der Waals surface area contributed by atoms with Crippen LogP contribution in [-0.4, -0.2) is 41.3 Å². The summed E-state index contributed by atoms with van der Waals surface area (Å²) < 4.78 is 0. The summed E-state index contributed by atoms with van der Waals surface area (Å²) in [4.78, 5) is 25.0. The molecule has 5 nitrogen and oxygen atoms in total. The van der Waals surface area contributed by atoms with E-state index in [1.165, 1.54) is 11.0 Å². The van der Waals surface area contributed by atoms with Gasteiger partial charge < -0.3 is 10.0 Å². The molecule has 0 aromatic carbocycles. The standard InChI is InChI=1S/C7H10N2O3/c10-5-8-4-6-2-1-3-9(6)7(11)12/h6H,1-4H2,(H,11,12)/t6-/m1/s1. The highest BCUT2D eigenvalue weighted by Crippen LogP contribution is 2.16. The Morgan fingerprint density at radius 1 is 1.75 bits per heavy atom. The Morgan fingerprint density at radius 3 is 3.08 bits per heavy atom. The van der Waals surface area contributed by atoms with Gasteiger partial charge in [-0.1, -0.05) is 0 Å². The summed E-state index contributed by atoms with van der Waals surface area (Å²) in [6.45, 7) is 0.796. The minimum atomic E-state index is -0.932. The second-order valence-corrected chi connectivity index (χ2v) is 2.70. The lowest BCUT2D eigenvalue weighted by atomic mass is 10.2. The lowest BCUT2D eigenvalue weighted by molar-refractivity contribution is 0.141. The van der Waals surface area contributed by atoms with Crippen LogP contribution in [0, 0.1) is 0 Å². The maximum absolute atomic E-state index is 10.6. The maximum atomic E-state index is 10.6. The van der Waals surface area contributed by atoms with E-state index in [1.807, 2.05) is 0 Å². The minimum absolute atomic E-state index is 0.121. The number of nitrogens with zero attached hydrogens (tertiary/aromatic N) is 2. The quantitative estimate of drug-likeness (QED) is 0.483. The number of isocyanates is 1. The molecule has 0 aromatic heterocycles. The Balaban J connectivity index is 2.51. The molecule has 0 spiro atoms. The number of hydrogen-bond acceptors (Lipinski definition) is 3. The molecule has 1 aliphatic rings. The summed E-state index contributed by atoms with van der Waals surface area (Å²) in [7, 11) is 0. The molecule has 12 heavy (non-hydrogen) atoms. The van der Waals surface area contributed by atoms with Gasteiger partial charge >= 0.3 is 6.09 Å². The Bertz CT molecular complexity index is 223. The first-order valence-corrected chi connectivity index (χ1v) is 3.79. The Morgan fingerprint density at radius 2 is 2.50 bits per heavy atom. The largest absolute Gasteiger partial charge is 0.465 e. The van der Waals surface area contributed by atoms with Crippen molar-refractivity contribution >= 4 is 12.2 Å². The van der Waals surface area contributed by atoms with E-state index in [0.717, 1.165) is 12.8 Å². The summed E-state index contributed by atoms with van der Waals surface area (Å²) >= 11 is 0. The Kier molecular flexibility index (Phi) is 2.82. The van der Waals surface area contributed by atoms with Gasteiger partial charge in [0.05, 0.1) is 12.6 Å². The van der Waals surface area contributed by atoms with E-state index in [0.29, 0.717) is 6.54 Å². The van der Waals surface area contributed by atoms with Crippen LogP contribution in [0.5, 0.6) is 0 Å². The van der Waals surface area contributed by atoms with Crippen molar-refractivity contribution in [3.8, 4) is 0 Å². The summed E-state index contributed by atoms with van der Waals surface area (Å²) in [5.74, 6) is 0. The van der Waals surface area contributed by atoms with Crippen molar-refractivity contribution in [2.24, 2.45) is 4.99 Å². The zero-order valence-corrected chi connectivity index (χ0v) is 6.56. The van der Waals surface area contributed by atoms with Crippen LogP contribution in [0.25, 0.3) is 0 Å². The zero-order chi connectivity index (χ0) is 8.97. The van der Waals surface area contributed by atoms with Gasteiger partial charge in [-0.25, -0.2) is 14.6 Å². The van der Waals surface area contributed by atoms with Gasteiger partial charge in [0.25, 0.3) is 0 Å². The second kappa shape index (κ2) is 3.88. The van der Waals surface area contributed by atoms with Gasteiger partial charge in [0.15, 0.2) is 0 Å². The van der Waals surface area contributed by atoms with Gasteiger partial charge in [0.1, 0.15) is 0 Å². The first-order valence-electron chi connectivity index (χ1n) is 3.79. The van der Waals surface area contributed by atoms with Crippen molar-refractivity contribution in [1.29, 1.82) is 0 Å². The topological polar surface area (TPSA) is 70.0 Å². The van der Waals surface area contributed by atoms with Crippen LogP contribution in [-0.2, 0) is 4.79 Å². The number of hydrogen-bond donors (Lipinski definition) is 1. The molecule has 0 aliphatic carbocycles. The number of carbonyl (C=O) groups is 1. The summed E-state index contributed by atoms with van der Waals surface area (Å²) in [6.07, 6.45) is 2.12. The number of rotatable bonds is 2. The molecule has 1 heterocycles. The Labute approximate surface area is 69.7 Å². The third kappa shape index (κ3) is 1.83. The number of carboxylic acid groups (broad SMARTS) is 1. The minimum Gasteiger partial charge on any atom is -0.465 e. The first-order chi connectivity index (χ1) is 5.75. The molecule has 66 valence electrons. The smallest absolute Gasteiger partial charge is 0.407 e. The van der Waals surface area contributed by atoms with Crippen molar-refractivity contribution in [2.45, 2.75) is 18.9 Å². The lowest BCUT2D eigenvalue weighted by Gasteiger charge is -2.18. The average Bonchev–Trinajstić information content (AvgIpc) is 2.48. The predicted octanol–water partition coefficient (Wildman–Crippen LogP) is 0.465. The fraction of sp³-hybridized carbons (Fsp3) is 0.714. The molecule has 1 amide bonds. The van der Waals surface area contributed by atoms with Gasteiger partial charge in [-0.05, 0) is 12.8 Å². The SMILES string of the molecule is O=C=NC[C@H]1CCCN1C(=O)O. The van der Waals surface area contributed by atoms with E-state index in [-0.39, 0.29) is 12.6 Å². The van der Waals surface area contributed by atoms with Crippen LogP contribution >= 0.6 is 0 Å². The normalized spacial score (nSPS) is 22.0. The fourth-order valence-electron chi connectivity index (χ4n) is 1.42. The first kappa shape index (κ1) is 8.74. The van der Waals surface area contributed by atoms with Gasteiger partial charge in [-0.3, -0.25) is 0 Å². The molecule has 5 heteroatoms. The molecule has 1 aliphatic heterocycles. The molecule has 0 saturated carbocycles. The molecule has 0 aromatic rings. The monoisotopic (exact) mass is 170 g/mol. The van der Waals surface area contributed by atoms with E-state index < -0.39 is 6.09 Å². The van der Waals surface area contributed by atoms with E-state index in [4.69, 9.17) is 5.11 Å². The van der Waals surface area contributed by atoms with Crippen LogP contribution in [0.3, 0.4) is 0 Å². The van der Waals surface area contributed by atoms with Crippen molar-refractivity contribution in [1.82, 2.24) is 4.90 Å². The van der Waals surface area contributed by atoms with E-state index in [2.05, 4.69) is 4.99 Å². The molecule has 1 atom stereocenters. The van der Waals surface area contributed by atoms with Crippen LogP contribution in [0.1, 0.15) is 12.8 Å². The highest BCUT2D eigenvalue weighted by Gasteiger charge is 2.27. The summed E-state index contributed by atoms with van der Waals surface area (Å²) in [5, 5.41) is 8.67. The Hall–Kier alpha value is -1.35. The molecule has 1 rings (SSSR count). The van der Waals surface area contributed by atoms with Crippen molar-refractivity contribution in [3.05, 3.63) is 0 Å². The number of carbonyl (C=O) groups excluding carboxylic acids is 1. The van der Waals surface area contributed by atoms with Gasteiger partial charge in [-0.15, -0.1) is 0 Å². The second-order valence-electron chi connectivity index (χ2n) is 2.70. The molecule has 0 bridgehead atoms. The molecular formula is C7H10N2O3. The van der Waals surface area contributed by atoms with E-state index in [9.17, 15) is 9.59 Å². The number of aliphatic imine (C=N–C) groups is 1. The maximum Gasteiger partial charge on any atom is 0.407 e. The number of likely N-dealkylation sites (tertiary alicyclic amines) is 1. The molecule has 1 N–H and O–H groups in total. The fourth-order valence-corrected chi connectivity index (χ4v) is 1.42. The highest BCUT2D eigenvalue weighted by molar-refractivity contribution is 5.65. The highest BCUT2D eigenvalue weighted by atomic mass is 16.4. The molecule has 1 saturated heterocycles. The zero-order valence-electron chi connectivity index (χ0n) is 6.56. The van der Waals surface area contributed by atoms with Gasteiger partial charge in [-0.2, -0.15) is 0 Å². The molecule has 0 radical (unpaired) electrons. The van der Waals surface area contributed by atoms with Gasteiger partial charge in [0, 0.05) is 6.54 Å². The third-order valence-corrected chi connectivity index (χ3v) is 1.99. The van der Waals surface area contributed by atoms with E-state index in [1.54, 1.807) is 0 Å². The van der Waals surface area contributed by atoms with Crippen LogP contribution in [0.15, 0.2) is 4.99 Å².